The molecule has 2 aromatic rings. The molecule has 1 heterocycles. The van der Waals surface area contributed by atoms with E-state index in [1.807, 2.05) is 12.1 Å². The number of benzene rings is 2. The van der Waals surface area contributed by atoms with Crippen molar-refractivity contribution in [3.8, 4) is 5.75 Å². The molecule has 3 N–H and O–H groups in total. The lowest BCUT2D eigenvalue weighted by atomic mass is 10.1. The highest BCUT2D eigenvalue weighted by molar-refractivity contribution is 6.30. The van der Waals surface area contributed by atoms with Gasteiger partial charge in [0, 0.05) is 5.02 Å². The van der Waals surface area contributed by atoms with Gasteiger partial charge in [0.1, 0.15) is 18.3 Å². The number of halogens is 1. The van der Waals surface area contributed by atoms with Crippen molar-refractivity contribution in [2.75, 3.05) is 24.6 Å². The first-order valence-corrected chi connectivity index (χ1v) is 11.8. The van der Waals surface area contributed by atoms with E-state index in [9.17, 15) is 19.5 Å². The largest absolute Gasteiger partial charge is 0.494 e. The van der Waals surface area contributed by atoms with Gasteiger partial charge in [0.25, 0.3) is 5.91 Å². The Morgan fingerprint density at radius 1 is 1.15 bits per heavy atom. The Labute approximate surface area is 204 Å². The molecule has 0 radical (unpaired) electrons. The van der Waals surface area contributed by atoms with E-state index in [0.29, 0.717) is 29.6 Å². The fourth-order valence-electron chi connectivity index (χ4n) is 3.94. The third-order valence-electron chi connectivity index (χ3n) is 5.78. The zero-order chi connectivity index (χ0) is 24.7. The molecule has 2 aromatic carbocycles. The number of carboxylic acid groups (broad SMARTS) is 1. The number of aliphatic carboxylic acids is 1. The van der Waals surface area contributed by atoms with Crippen molar-refractivity contribution in [3.63, 3.8) is 0 Å². The predicted molar refractivity (Wildman–Crippen MR) is 130 cm³/mol. The van der Waals surface area contributed by atoms with Gasteiger partial charge < -0.3 is 25.4 Å². The molecule has 34 heavy (non-hydrogen) atoms. The number of nitrogens with zero attached hydrogens (tertiary/aromatic N) is 2. The van der Waals surface area contributed by atoms with E-state index >= 15 is 0 Å². The zero-order valence-corrected chi connectivity index (χ0v) is 20.0. The minimum atomic E-state index is -1.15. The molecule has 0 saturated heterocycles. The number of nitrogens with two attached hydrogens (primary N) is 1. The fraction of sp³-hybridized carbons (Fsp3) is 0.400. The van der Waals surface area contributed by atoms with Crippen molar-refractivity contribution < 1.29 is 24.2 Å². The Morgan fingerprint density at radius 2 is 1.88 bits per heavy atom. The topological polar surface area (TPSA) is 113 Å². The number of hydrogen-bond donors (Lipinski definition) is 2. The Kier molecular flexibility index (Phi) is 8.90. The Bertz CT molecular complexity index is 1030. The number of carbonyl (C=O) groups excluding carboxylic acids is 2. The van der Waals surface area contributed by atoms with E-state index in [1.165, 1.54) is 4.90 Å². The van der Waals surface area contributed by atoms with Crippen LogP contribution in [-0.4, -0.2) is 53.5 Å². The molecule has 0 aliphatic carbocycles. The van der Waals surface area contributed by atoms with Crippen LogP contribution in [0.4, 0.5) is 5.69 Å². The van der Waals surface area contributed by atoms with Gasteiger partial charge in [0.15, 0.2) is 0 Å². The van der Waals surface area contributed by atoms with Gasteiger partial charge in [-0.15, -0.1) is 0 Å². The summed E-state index contributed by atoms with van der Waals surface area (Å²) in [7, 11) is 0. The SMILES string of the molecule is CCC(C(=O)O)N1CC(=O)N(Cc2ccc(Cl)cc2)c2ccc(OCCCCCN)cc2C1=O. The van der Waals surface area contributed by atoms with E-state index in [1.54, 1.807) is 37.3 Å². The summed E-state index contributed by atoms with van der Waals surface area (Å²) >= 11 is 5.99. The second-order valence-electron chi connectivity index (χ2n) is 8.18. The van der Waals surface area contributed by atoms with Gasteiger partial charge in [-0.3, -0.25) is 9.59 Å². The first kappa shape index (κ1) is 25.5. The molecule has 8 nitrogen and oxygen atoms in total. The van der Waals surface area contributed by atoms with Gasteiger partial charge in [-0.25, -0.2) is 4.79 Å². The van der Waals surface area contributed by atoms with Crippen LogP contribution in [0.15, 0.2) is 42.5 Å². The van der Waals surface area contributed by atoms with Crippen LogP contribution in [0.5, 0.6) is 5.75 Å². The van der Waals surface area contributed by atoms with Gasteiger partial charge in [0.2, 0.25) is 5.91 Å². The van der Waals surface area contributed by atoms with Gasteiger partial charge in [-0.05, 0) is 68.1 Å². The molecule has 2 amide bonds. The maximum Gasteiger partial charge on any atom is 0.326 e. The van der Waals surface area contributed by atoms with Crippen LogP contribution in [0.1, 0.15) is 48.5 Å². The number of carboxylic acids is 1. The highest BCUT2D eigenvalue weighted by atomic mass is 35.5. The van der Waals surface area contributed by atoms with E-state index in [4.69, 9.17) is 22.1 Å². The van der Waals surface area contributed by atoms with Crippen LogP contribution in [-0.2, 0) is 16.1 Å². The number of amides is 2. The fourth-order valence-corrected chi connectivity index (χ4v) is 4.07. The Balaban J connectivity index is 1.96. The van der Waals surface area contributed by atoms with Crippen molar-refractivity contribution in [2.45, 2.75) is 45.2 Å². The Hall–Kier alpha value is -3.10. The smallest absolute Gasteiger partial charge is 0.326 e. The van der Waals surface area contributed by atoms with Crippen LogP contribution in [0.25, 0.3) is 0 Å². The lowest BCUT2D eigenvalue weighted by molar-refractivity contribution is -0.142. The van der Waals surface area contributed by atoms with Crippen molar-refractivity contribution in [1.29, 1.82) is 0 Å². The summed E-state index contributed by atoms with van der Waals surface area (Å²) in [5.74, 6) is -1.53. The van der Waals surface area contributed by atoms with Gasteiger partial charge in [-0.2, -0.15) is 0 Å². The molecule has 1 aliphatic heterocycles. The second-order valence-corrected chi connectivity index (χ2v) is 8.61. The molecule has 0 aromatic heterocycles. The van der Waals surface area contributed by atoms with Crippen LogP contribution in [0, 0.1) is 0 Å². The van der Waals surface area contributed by atoms with Crippen LogP contribution < -0.4 is 15.4 Å². The van der Waals surface area contributed by atoms with E-state index < -0.39 is 17.9 Å². The molecule has 0 fully saturated rings. The molecular weight excluding hydrogens is 458 g/mol. The lowest BCUT2D eigenvalue weighted by Crippen LogP contribution is -2.48. The maximum atomic E-state index is 13.5. The standard InChI is InChI=1S/C25H30ClN3O5/c1-2-21(25(32)33)29-16-23(30)28(15-17-6-8-18(26)9-7-17)22-11-10-19(14-20(22)24(29)31)34-13-5-3-4-12-27/h6-11,14,21H,2-5,12-13,15-16,27H2,1H3,(H,32,33). The number of fused-ring (bicyclic) bond motifs is 1. The van der Waals surface area contributed by atoms with Gasteiger partial charge >= 0.3 is 5.97 Å². The van der Waals surface area contributed by atoms with E-state index in [-0.39, 0.29) is 31.0 Å². The van der Waals surface area contributed by atoms with Gasteiger partial charge in [0.05, 0.1) is 24.4 Å². The second kappa shape index (κ2) is 11.9. The molecule has 1 unspecified atom stereocenters. The zero-order valence-electron chi connectivity index (χ0n) is 19.2. The summed E-state index contributed by atoms with van der Waals surface area (Å²) in [6, 6.07) is 11.0. The number of rotatable bonds is 11. The molecule has 1 atom stereocenters. The first-order chi connectivity index (χ1) is 16.3. The van der Waals surface area contributed by atoms with Crippen LogP contribution in [0.2, 0.25) is 5.02 Å². The monoisotopic (exact) mass is 487 g/mol. The average molecular weight is 488 g/mol. The first-order valence-electron chi connectivity index (χ1n) is 11.4. The van der Waals surface area contributed by atoms with Gasteiger partial charge in [-0.1, -0.05) is 30.7 Å². The predicted octanol–water partition coefficient (Wildman–Crippen LogP) is 3.70. The number of unbranched alkanes of at least 4 members (excludes halogenated alkanes) is 2. The van der Waals surface area contributed by atoms with E-state index in [2.05, 4.69) is 0 Å². The normalized spacial score (nSPS) is 14.6. The molecule has 0 bridgehead atoms. The number of anilines is 1. The van der Waals surface area contributed by atoms with Crippen molar-refractivity contribution >= 4 is 35.1 Å². The van der Waals surface area contributed by atoms with Crippen molar-refractivity contribution in [1.82, 2.24) is 4.90 Å². The lowest BCUT2D eigenvalue weighted by Gasteiger charge is -2.26. The van der Waals surface area contributed by atoms with Crippen molar-refractivity contribution in [2.24, 2.45) is 5.73 Å². The molecule has 9 heteroatoms. The minimum absolute atomic E-state index is 0.179. The number of carbonyl (C=O) groups is 3. The van der Waals surface area contributed by atoms with Crippen LogP contribution in [0.3, 0.4) is 0 Å². The third-order valence-corrected chi connectivity index (χ3v) is 6.03. The summed E-state index contributed by atoms with van der Waals surface area (Å²) in [5.41, 5.74) is 7.01. The molecule has 0 spiro atoms. The van der Waals surface area contributed by atoms with Crippen LogP contribution >= 0.6 is 11.6 Å². The molecule has 3 rings (SSSR count). The summed E-state index contributed by atoms with van der Waals surface area (Å²) in [4.78, 5) is 41.3. The molecule has 1 aliphatic rings. The molecule has 0 saturated carbocycles. The maximum absolute atomic E-state index is 13.5. The highest BCUT2D eigenvalue weighted by Crippen LogP contribution is 2.32. The quantitative estimate of drug-likeness (QED) is 0.467. The summed E-state index contributed by atoms with van der Waals surface area (Å²) in [5, 5.41) is 10.3. The average Bonchev–Trinajstić information content (AvgIpc) is 2.91. The third kappa shape index (κ3) is 6.07. The summed E-state index contributed by atoms with van der Waals surface area (Å²) in [6.07, 6.45) is 2.86. The van der Waals surface area contributed by atoms with E-state index in [0.717, 1.165) is 29.7 Å². The Morgan fingerprint density at radius 3 is 2.53 bits per heavy atom. The minimum Gasteiger partial charge on any atom is -0.494 e. The molecular formula is C25H30ClN3O5. The number of ether oxygens (including phenoxy) is 1. The highest BCUT2D eigenvalue weighted by Gasteiger charge is 2.37. The number of hydrogen-bond acceptors (Lipinski definition) is 5. The summed E-state index contributed by atoms with van der Waals surface area (Å²) in [6.45, 7) is 2.66. The molecule has 182 valence electrons. The van der Waals surface area contributed by atoms with Crippen molar-refractivity contribution in [3.05, 3.63) is 58.6 Å². The summed E-state index contributed by atoms with van der Waals surface area (Å²) < 4.78 is 5.82.